The van der Waals surface area contributed by atoms with Crippen LogP contribution < -0.4 is 5.32 Å². The molecular formula is C22H39N3O3. The van der Waals surface area contributed by atoms with Gasteiger partial charge in [-0.1, -0.05) is 25.7 Å². The van der Waals surface area contributed by atoms with Crippen LogP contribution in [0.3, 0.4) is 0 Å². The SMILES string of the molecule is CC(=O)NC1CCN(C[C@]2(O)CCCN(C(=O)CCC3CCCC3)CC2)CC1. The molecule has 0 unspecified atom stereocenters. The highest BCUT2D eigenvalue weighted by Gasteiger charge is 2.34. The van der Waals surface area contributed by atoms with Crippen LogP contribution in [-0.2, 0) is 9.59 Å². The third kappa shape index (κ3) is 6.45. The van der Waals surface area contributed by atoms with Crippen LogP contribution in [-0.4, -0.2) is 71.1 Å². The molecule has 2 amide bonds. The molecule has 3 aliphatic rings. The number of aliphatic hydroxyl groups is 1. The molecule has 0 aromatic heterocycles. The van der Waals surface area contributed by atoms with Crippen LogP contribution in [0, 0.1) is 5.92 Å². The summed E-state index contributed by atoms with van der Waals surface area (Å²) in [7, 11) is 0. The van der Waals surface area contributed by atoms with Crippen LogP contribution >= 0.6 is 0 Å². The maximum atomic E-state index is 12.6. The molecule has 1 atom stereocenters. The molecule has 6 nitrogen and oxygen atoms in total. The van der Waals surface area contributed by atoms with Crippen LogP contribution in [0.5, 0.6) is 0 Å². The second kappa shape index (κ2) is 10.1. The van der Waals surface area contributed by atoms with Crippen LogP contribution in [0.25, 0.3) is 0 Å². The summed E-state index contributed by atoms with van der Waals surface area (Å²) >= 11 is 0. The topological polar surface area (TPSA) is 72.9 Å². The number of amides is 2. The Morgan fingerprint density at radius 3 is 2.39 bits per heavy atom. The molecule has 2 aliphatic heterocycles. The predicted octanol–water partition coefficient (Wildman–Crippen LogP) is 2.30. The summed E-state index contributed by atoms with van der Waals surface area (Å²) in [6, 6.07) is 0.269. The van der Waals surface area contributed by atoms with Gasteiger partial charge in [0, 0.05) is 52.1 Å². The molecule has 0 aromatic rings. The number of carbonyl (C=O) groups is 2. The van der Waals surface area contributed by atoms with E-state index in [1.165, 1.54) is 25.7 Å². The van der Waals surface area contributed by atoms with Gasteiger partial charge in [-0.05, 0) is 44.4 Å². The minimum Gasteiger partial charge on any atom is -0.388 e. The first kappa shape index (κ1) is 21.6. The van der Waals surface area contributed by atoms with Gasteiger partial charge in [0.25, 0.3) is 0 Å². The summed E-state index contributed by atoms with van der Waals surface area (Å²) in [6.07, 6.45) is 11.2. The number of hydrogen-bond acceptors (Lipinski definition) is 4. The zero-order chi connectivity index (χ0) is 20.0. The fraction of sp³-hybridized carbons (Fsp3) is 0.909. The summed E-state index contributed by atoms with van der Waals surface area (Å²) in [5.74, 6) is 1.08. The Labute approximate surface area is 170 Å². The van der Waals surface area contributed by atoms with Gasteiger partial charge in [-0.15, -0.1) is 0 Å². The minimum atomic E-state index is -0.693. The van der Waals surface area contributed by atoms with Gasteiger partial charge < -0.3 is 20.2 Å². The Bertz CT molecular complexity index is 527. The molecule has 28 heavy (non-hydrogen) atoms. The van der Waals surface area contributed by atoms with E-state index in [4.69, 9.17) is 0 Å². The molecule has 2 saturated heterocycles. The molecule has 1 saturated carbocycles. The van der Waals surface area contributed by atoms with E-state index in [-0.39, 0.29) is 17.9 Å². The van der Waals surface area contributed by atoms with Gasteiger partial charge in [0.05, 0.1) is 5.60 Å². The van der Waals surface area contributed by atoms with Crippen molar-refractivity contribution in [1.29, 1.82) is 0 Å². The van der Waals surface area contributed by atoms with Crippen LogP contribution in [0.2, 0.25) is 0 Å². The van der Waals surface area contributed by atoms with Gasteiger partial charge in [-0.3, -0.25) is 9.59 Å². The summed E-state index contributed by atoms with van der Waals surface area (Å²) in [5, 5.41) is 14.2. The van der Waals surface area contributed by atoms with E-state index in [0.29, 0.717) is 25.9 Å². The number of hydrogen-bond donors (Lipinski definition) is 2. The van der Waals surface area contributed by atoms with Gasteiger partial charge in [-0.2, -0.15) is 0 Å². The smallest absolute Gasteiger partial charge is 0.222 e. The molecule has 6 heteroatoms. The number of rotatable bonds is 6. The lowest BCUT2D eigenvalue weighted by atomic mass is 9.93. The van der Waals surface area contributed by atoms with Crippen LogP contribution in [0.1, 0.15) is 77.6 Å². The van der Waals surface area contributed by atoms with Crippen LogP contribution in [0.4, 0.5) is 0 Å². The van der Waals surface area contributed by atoms with Crippen molar-refractivity contribution < 1.29 is 14.7 Å². The van der Waals surface area contributed by atoms with E-state index in [1.807, 2.05) is 4.90 Å². The van der Waals surface area contributed by atoms with Gasteiger partial charge >= 0.3 is 0 Å². The second-order valence-electron chi connectivity index (χ2n) is 9.40. The number of likely N-dealkylation sites (tertiary alicyclic amines) is 2. The normalized spacial score (nSPS) is 28.3. The highest BCUT2D eigenvalue weighted by Crippen LogP contribution is 2.29. The van der Waals surface area contributed by atoms with E-state index in [2.05, 4.69) is 10.2 Å². The maximum Gasteiger partial charge on any atom is 0.222 e. The first-order chi connectivity index (χ1) is 13.4. The number of nitrogens with zero attached hydrogens (tertiary/aromatic N) is 2. The van der Waals surface area contributed by atoms with Crippen molar-refractivity contribution in [1.82, 2.24) is 15.1 Å². The zero-order valence-electron chi connectivity index (χ0n) is 17.6. The molecule has 0 spiro atoms. The first-order valence-electron chi connectivity index (χ1n) is 11.4. The number of β-amino-alcohol motifs (C(OH)–C–C–N with tert-alkyl or cyclic N) is 1. The van der Waals surface area contributed by atoms with E-state index in [0.717, 1.165) is 57.7 Å². The summed E-state index contributed by atoms with van der Waals surface area (Å²) in [4.78, 5) is 28.2. The summed E-state index contributed by atoms with van der Waals surface area (Å²) in [5.41, 5.74) is -0.693. The lowest BCUT2D eigenvalue weighted by molar-refractivity contribution is -0.131. The van der Waals surface area contributed by atoms with Gasteiger partial charge in [0.15, 0.2) is 0 Å². The van der Waals surface area contributed by atoms with E-state index in [1.54, 1.807) is 6.92 Å². The van der Waals surface area contributed by atoms with Crippen molar-refractivity contribution in [2.75, 3.05) is 32.7 Å². The second-order valence-corrected chi connectivity index (χ2v) is 9.40. The number of nitrogens with one attached hydrogen (secondary N) is 1. The Kier molecular flexibility index (Phi) is 7.75. The van der Waals surface area contributed by atoms with Crippen molar-refractivity contribution in [3.63, 3.8) is 0 Å². The van der Waals surface area contributed by atoms with E-state index >= 15 is 0 Å². The lowest BCUT2D eigenvalue weighted by Gasteiger charge is -2.38. The Morgan fingerprint density at radius 2 is 1.71 bits per heavy atom. The van der Waals surface area contributed by atoms with Crippen molar-refractivity contribution in [3.05, 3.63) is 0 Å². The molecule has 2 heterocycles. The molecular weight excluding hydrogens is 354 g/mol. The standard InChI is InChI=1S/C22H39N3O3/c1-18(26)23-20-9-14-24(15-10-20)17-22(28)11-4-13-25(16-12-22)21(27)8-7-19-5-2-3-6-19/h19-20,28H,2-17H2,1H3,(H,23,26)/t22-/m0/s1. The fourth-order valence-corrected chi connectivity index (χ4v) is 5.31. The summed E-state index contributed by atoms with van der Waals surface area (Å²) in [6.45, 7) is 5.55. The molecule has 0 aromatic carbocycles. The highest BCUT2D eigenvalue weighted by atomic mass is 16.3. The first-order valence-corrected chi connectivity index (χ1v) is 11.4. The van der Waals surface area contributed by atoms with Gasteiger partial charge in [0.2, 0.25) is 11.8 Å². The Balaban J connectivity index is 1.40. The van der Waals surface area contributed by atoms with E-state index < -0.39 is 5.60 Å². The average Bonchev–Trinajstić information content (AvgIpc) is 3.10. The summed E-state index contributed by atoms with van der Waals surface area (Å²) < 4.78 is 0. The maximum absolute atomic E-state index is 12.6. The molecule has 1 aliphatic carbocycles. The predicted molar refractivity (Wildman–Crippen MR) is 110 cm³/mol. The van der Waals surface area contributed by atoms with Crippen molar-refractivity contribution in [2.24, 2.45) is 5.92 Å². The largest absolute Gasteiger partial charge is 0.388 e. The number of carbonyl (C=O) groups excluding carboxylic acids is 2. The molecule has 3 fully saturated rings. The average molecular weight is 394 g/mol. The number of piperidine rings is 1. The minimum absolute atomic E-state index is 0.0403. The molecule has 160 valence electrons. The Morgan fingerprint density at radius 1 is 1.00 bits per heavy atom. The molecule has 0 radical (unpaired) electrons. The molecule has 2 N–H and O–H groups in total. The van der Waals surface area contributed by atoms with E-state index in [9.17, 15) is 14.7 Å². The van der Waals surface area contributed by atoms with Gasteiger partial charge in [0.1, 0.15) is 0 Å². The fourth-order valence-electron chi connectivity index (χ4n) is 5.31. The van der Waals surface area contributed by atoms with Crippen LogP contribution in [0.15, 0.2) is 0 Å². The van der Waals surface area contributed by atoms with Gasteiger partial charge in [-0.25, -0.2) is 0 Å². The zero-order valence-corrected chi connectivity index (χ0v) is 17.6. The quantitative estimate of drug-likeness (QED) is 0.726. The van der Waals surface area contributed by atoms with Crippen molar-refractivity contribution in [2.45, 2.75) is 89.2 Å². The lowest BCUT2D eigenvalue weighted by Crippen LogP contribution is -2.50. The third-order valence-electron chi connectivity index (χ3n) is 7.02. The van der Waals surface area contributed by atoms with Crippen molar-refractivity contribution in [3.8, 4) is 0 Å². The third-order valence-corrected chi connectivity index (χ3v) is 7.02. The molecule has 3 rings (SSSR count). The van der Waals surface area contributed by atoms with Crippen molar-refractivity contribution >= 4 is 11.8 Å². The monoisotopic (exact) mass is 393 g/mol. The molecule has 0 bridgehead atoms. The highest BCUT2D eigenvalue weighted by molar-refractivity contribution is 5.76. The Hall–Kier alpha value is -1.14.